The van der Waals surface area contributed by atoms with Crippen molar-refractivity contribution in [2.24, 2.45) is 0 Å². The van der Waals surface area contributed by atoms with E-state index >= 15 is 0 Å². The fourth-order valence-electron chi connectivity index (χ4n) is 2.76. The van der Waals surface area contributed by atoms with Crippen LogP contribution in [0.5, 0.6) is 0 Å². The maximum Gasteiger partial charge on any atom is 0.241 e. The Kier molecular flexibility index (Phi) is 5.94. The summed E-state index contributed by atoms with van der Waals surface area (Å²) in [4.78, 5) is 22.3. The van der Waals surface area contributed by atoms with Gasteiger partial charge in [0.15, 0.2) is 0 Å². The number of halogens is 1. The average molecular weight is 383 g/mol. The highest BCUT2D eigenvalue weighted by molar-refractivity contribution is 6.31. The Bertz CT molecular complexity index is 923. The Morgan fingerprint density at radius 3 is 2.70 bits per heavy atom. The predicted molar refractivity (Wildman–Crippen MR) is 110 cm³/mol. The summed E-state index contributed by atoms with van der Waals surface area (Å²) in [6.45, 7) is 4.30. The molecule has 1 unspecified atom stereocenters. The smallest absolute Gasteiger partial charge is 0.241 e. The van der Waals surface area contributed by atoms with E-state index in [1.165, 1.54) is 0 Å². The lowest BCUT2D eigenvalue weighted by Gasteiger charge is -2.23. The fraction of sp³-hybridized carbons (Fsp3) is 0.238. The molecular formula is C21H23ClN4O. The molecule has 0 fully saturated rings. The molecule has 2 N–H and O–H groups in total. The average Bonchev–Trinajstić information content (AvgIpc) is 3.14. The van der Waals surface area contributed by atoms with E-state index in [0.717, 1.165) is 28.3 Å². The minimum atomic E-state index is -0.325. The van der Waals surface area contributed by atoms with Crippen LogP contribution in [0.3, 0.4) is 0 Å². The van der Waals surface area contributed by atoms with Crippen LogP contribution in [-0.4, -0.2) is 33.9 Å². The molecule has 0 saturated heterocycles. The van der Waals surface area contributed by atoms with Gasteiger partial charge in [0.1, 0.15) is 5.82 Å². The van der Waals surface area contributed by atoms with Gasteiger partial charge in [0, 0.05) is 10.7 Å². The SMILES string of the molecule is Cc1c(Cl)cccc1NC(=O)C(C)N(C)Cc1ncc(-c2ccccc2)[nH]1. The monoisotopic (exact) mass is 382 g/mol. The summed E-state index contributed by atoms with van der Waals surface area (Å²) < 4.78 is 0. The largest absolute Gasteiger partial charge is 0.341 e. The molecule has 6 heteroatoms. The van der Waals surface area contributed by atoms with E-state index in [0.29, 0.717) is 11.6 Å². The van der Waals surface area contributed by atoms with E-state index in [-0.39, 0.29) is 11.9 Å². The van der Waals surface area contributed by atoms with Crippen molar-refractivity contribution in [3.8, 4) is 11.3 Å². The number of carbonyl (C=O) groups excluding carboxylic acids is 1. The molecule has 0 radical (unpaired) electrons. The molecule has 140 valence electrons. The summed E-state index contributed by atoms with van der Waals surface area (Å²) in [5.41, 5.74) is 3.64. The van der Waals surface area contributed by atoms with Gasteiger partial charge in [0.2, 0.25) is 5.91 Å². The first-order chi connectivity index (χ1) is 13.0. The van der Waals surface area contributed by atoms with Crippen molar-refractivity contribution in [3.05, 3.63) is 71.1 Å². The molecule has 0 bridgehead atoms. The normalized spacial score (nSPS) is 12.2. The molecule has 0 saturated carbocycles. The molecule has 0 spiro atoms. The molecule has 1 heterocycles. The summed E-state index contributed by atoms with van der Waals surface area (Å²) in [5.74, 6) is 0.729. The molecule has 1 amide bonds. The summed E-state index contributed by atoms with van der Waals surface area (Å²) >= 11 is 6.13. The second-order valence-corrected chi connectivity index (χ2v) is 7.01. The molecule has 27 heavy (non-hydrogen) atoms. The molecular weight excluding hydrogens is 360 g/mol. The van der Waals surface area contributed by atoms with Crippen molar-refractivity contribution >= 4 is 23.2 Å². The Hall–Kier alpha value is -2.63. The lowest BCUT2D eigenvalue weighted by molar-refractivity contribution is -0.120. The lowest BCUT2D eigenvalue weighted by atomic mass is 10.2. The van der Waals surface area contributed by atoms with Gasteiger partial charge < -0.3 is 10.3 Å². The minimum absolute atomic E-state index is 0.0855. The van der Waals surface area contributed by atoms with Crippen LogP contribution in [-0.2, 0) is 11.3 Å². The topological polar surface area (TPSA) is 61.0 Å². The summed E-state index contributed by atoms with van der Waals surface area (Å²) in [6, 6.07) is 15.2. The van der Waals surface area contributed by atoms with E-state index in [9.17, 15) is 4.79 Å². The number of likely N-dealkylation sites (N-methyl/N-ethyl adjacent to an activating group) is 1. The zero-order chi connectivity index (χ0) is 19.4. The zero-order valence-electron chi connectivity index (χ0n) is 15.7. The van der Waals surface area contributed by atoms with E-state index in [2.05, 4.69) is 15.3 Å². The molecule has 0 aliphatic heterocycles. The van der Waals surface area contributed by atoms with Crippen LogP contribution in [0.2, 0.25) is 5.02 Å². The van der Waals surface area contributed by atoms with Gasteiger partial charge in [-0.25, -0.2) is 4.98 Å². The highest BCUT2D eigenvalue weighted by Crippen LogP contribution is 2.23. The number of aromatic nitrogens is 2. The van der Waals surface area contributed by atoms with Gasteiger partial charge in [-0.2, -0.15) is 0 Å². The van der Waals surface area contributed by atoms with Crippen LogP contribution < -0.4 is 5.32 Å². The van der Waals surface area contributed by atoms with Crippen LogP contribution >= 0.6 is 11.6 Å². The van der Waals surface area contributed by atoms with Crippen molar-refractivity contribution in [1.82, 2.24) is 14.9 Å². The van der Waals surface area contributed by atoms with Crippen LogP contribution in [0.1, 0.15) is 18.3 Å². The third-order valence-electron chi connectivity index (χ3n) is 4.68. The number of nitrogens with zero attached hydrogens (tertiary/aromatic N) is 2. The number of anilines is 1. The number of imidazole rings is 1. The van der Waals surface area contributed by atoms with Gasteiger partial charge in [0.05, 0.1) is 24.5 Å². The third-order valence-corrected chi connectivity index (χ3v) is 5.09. The van der Waals surface area contributed by atoms with Crippen molar-refractivity contribution in [1.29, 1.82) is 0 Å². The lowest BCUT2D eigenvalue weighted by Crippen LogP contribution is -2.39. The van der Waals surface area contributed by atoms with Crippen molar-refractivity contribution in [3.63, 3.8) is 0 Å². The first-order valence-corrected chi connectivity index (χ1v) is 9.19. The van der Waals surface area contributed by atoms with Crippen LogP contribution in [0.15, 0.2) is 54.7 Å². The minimum Gasteiger partial charge on any atom is -0.341 e. The quantitative estimate of drug-likeness (QED) is 0.660. The number of aromatic amines is 1. The van der Waals surface area contributed by atoms with E-state index in [1.54, 1.807) is 0 Å². The predicted octanol–water partition coefficient (Wildman–Crippen LogP) is 4.50. The highest BCUT2D eigenvalue weighted by atomic mass is 35.5. The number of rotatable bonds is 6. The standard InChI is InChI=1S/C21H23ClN4O/c1-14-17(22)10-7-11-18(14)25-21(27)15(2)26(3)13-20-23-12-19(24-20)16-8-5-4-6-9-16/h4-12,15H,13H2,1-3H3,(H,23,24)(H,25,27). The van der Waals surface area contributed by atoms with Gasteiger partial charge in [-0.1, -0.05) is 48.0 Å². The first kappa shape index (κ1) is 19.1. The summed E-state index contributed by atoms with van der Waals surface area (Å²) in [5, 5.41) is 3.59. The Morgan fingerprint density at radius 1 is 1.22 bits per heavy atom. The first-order valence-electron chi connectivity index (χ1n) is 8.81. The molecule has 3 rings (SSSR count). The molecule has 1 aromatic heterocycles. The number of hydrogen-bond acceptors (Lipinski definition) is 3. The Labute approximate surface area is 164 Å². The summed E-state index contributed by atoms with van der Waals surface area (Å²) in [7, 11) is 1.90. The maximum absolute atomic E-state index is 12.6. The molecule has 3 aromatic rings. The maximum atomic E-state index is 12.6. The van der Waals surface area contributed by atoms with Gasteiger partial charge >= 0.3 is 0 Å². The van der Waals surface area contributed by atoms with Gasteiger partial charge in [-0.15, -0.1) is 0 Å². The molecule has 2 aromatic carbocycles. The number of carbonyl (C=O) groups is 1. The van der Waals surface area contributed by atoms with Crippen molar-refractivity contribution < 1.29 is 4.79 Å². The molecule has 5 nitrogen and oxygen atoms in total. The highest BCUT2D eigenvalue weighted by Gasteiger charge is 2.20. The van der Waals surface area contributed by atoms with Gasteiger partial charge in [-0.05, 0) is 44.2 Å². The number of hydrogen-bond donors (Lipinski definition) is 2. The number of H-pyrrole nitrogens is 1. The van der Waals surface area contributed by atoms with E-state index < -0.39 is 0 Å². The zero-order valence-corrected chi connectivity index (χ0v) is 16.4. The number of benzene rings is 2. The van der Waals surface area contributed by atoms with Crippen molar-refractivity contribution in [2.45, 2.75) is 26.4 Å². The van der Waals surface area contributed by atoms with Crippen LogP contribution in [0.25, 0.3) is 11.3 Å². The molecule has 0 aliphatic carbocycles. The number of amides is 1. The Morgan fingerprint density at radius 2 is 1.96 bits per heavy atom. The molecule has 1 atom stereocenters. The van der Waals surface area contributed by atoms with Crippen LogP contribution in [0.4, 0.5) is 5.69 Å². The van der Waals surface area contributed by atoms with Gasteiger partial charge in [-0.3, -0.25) is 9.69 Å². The number of nitrogens with one attached hydrogen (secondary N) is 2. The third kappa shape index (κ3) is 4.56. The van der Waals surface area contributed by atoms with E-state index in [1.807, 2.05) is 80.5 Å². The van der Waals surface area contributed by atoms with Crippen molar-refractivity contribution in [2.75, 3.05) is 12.4 Å². The van der Waals surface area contributed by atoms with Crippen LogP contribution in [0, 0.1) is 6.92 Å². The second-order valence-electron chi connectivity index (χ2n) is 6.60. The Balaban J connectivity index is 1.63. The van der Waals surface area contributed by atoms with Gasteiger partial charge in [0.25, 0.3) is 0 Å². The second kappa shape index (κ2) is 8.37. The van der Waals surface area contributed by atoms with E-state index in [4.69, 9.17) is 11.6 Å². The summed E-state index contributed by atoms with van der Waals surface area (Å²) in [6.07, 6.45) is 1.82. The molecule has 0 aliphatic rings. The fourth-order valence-corrected chi connectivity index (χ4v) is 2.94.